The number of carbonyl (C=O) groups is 8. The van der Waals surface area contributed by atoms with Crippen LogP contribution in [0.15, 0.2) is 170 Å². The van der Waals surface area contributed by atoms with Crippen LogP contribution in [0.3, 0.4) is 0 Å². The number of hydrogen-bond acceptors (Lipinski definition) is 30. The zero-order valence-corrected chi connectivity index (χ0v) is 74.1. The van der Waals surface area contributed by atoms with E-state index in [-0.39, 0.29) is 65.7 Å². The number of ether oxygens (including phenoxy) is 7. The number of phenolic OH excluding ortho intramolecular Hbond substituents is 4. The van der Waals surface area contributed by atoms with Crippen LogP contribution >= 0.6 is 23.2 Å². The largest absolute Gasteiger partial charge is 0.508 e. The first-order chi connectivity index (χ1) is 64.2. The van der Waals surface area contributed by atoms with Crippen LogP contribution in [0.1, 0.15) is 93.7 Å². The Bertz CT molecular complexity index is 5910. The van der Waals surface area contributed by atoms with E-state index in [9.17, 15) is 65.8 Å². The maximum Gasteiger partial charge on any atom is 0.252 e. The summed E-state index contributed by atoms with van der Waals surface area (Å²) in [7, 11) is 8.66. The van der Waals surface area contributed by atoms with Crippen molar-refractivity contribution in [2.24, 2.45) is 0 Å². The van der Waals surface area contributed by atoms with Crippen molar-refractivity contribution >= 4 is 70.5 Å². The summed E-state index contributed by atoms with van der Waals surface area (Å²) >= 11 is 14.5. The Morgan fingerprint density at radius 1 is 0.507 bits per heavy atom. The number of benzene rings is 9. The molecule has 17 bridgehead atoms. The number of rotatable bonds is 20. The summed E-state index contributed by atoms with van der Waals surface area (Å²) in [6.07, 6.45) is -19.6. The van der Waals surface area contributed by atoms with Gasteiger partial charge in [-0.2, -0.15) is 0 Å². The molecule has 706 valence electrons. The van der Waals surface area contributed by atoms with Crippen molar-refractivity contribution in [3.05, 3.63) is 224 Å². The van der Waals surface area contributed by atoms with Crippen LogP contribution < -0.4 is 76.9 Å². The summed E-state index contributed by atoms with van der Waals surface area (Å²) in [4.78, 5) is 130. The van der Waals surface area contributed by atoms with Gasteiger partial charge in [-0.15, -0.1) is 0 Å². The predicted octanol–water partition coefficient (Wildman–Crippen LogP) is 3.72. The third-order valence-electron chi connectivity index (χ3n) is 23.7. The molecule has 8 aliphatic heterocycles. The SMILES string of the molecule is CNC1C(=O)NC2Cc3ccc(cc3)Oc3cc4cc(c3O[C@@H]3O[C@H](C(=O)NCCCN(C)C)[C@@H](O)[C@H](O)[C@H]3NCc3ccc(-c5ccccc5)cc3)Oc3ccc(cc3Cl)C(O)C3NC(=O)C(NC(=O)C4NC(=O)C(NC2=O)c2cc(cc(O)c2Cl)Oc2cc1ccc2O)c1ccc(O)c(c1)-c1c(OC2O[C@H](CO)[C@@H](O)[C@H](O)[C@@H]2O)cc(O)cc1C(C(=O)NCCCN(C)C)NC3=O. The second kappa shape index (κ2) is 41.2. The quantitative estimate of drug-likeness (QED) is 0.0483. The van der Waals surface area contributed by atoms with Gasteiger partial charge in [-0.3, -0.25) is 38.4 Å². The van der Waals surface area contributed by atoms with Gasteiger partial charge in [0, 0.05) is 54.9 Å². The van der Waals surface area contributed by atoms with Gasteiger partial charge in [-0.1, -0.05) is 108 Å². The van der Waals surface area contributed by atoms with Crippen molar-refractivity contribution in [2.75, 3.05) is 68.0 Å². The molecule has 0 radical (unpaired) electrons. The fourth-order valence-electron chi connectivity index (χ4n) is 16.6. The molecule has 9 aromatic carbocycles. The molecule has 40 heteroatoms. The van der Waals surface area contributed by atoms with Gasteiger partial charge < -0.3 is 152 Å². The summed E-state index contributed by atoms with van der Waals surface area (Å²) in [6.45, 7) is -0.109. The zero-order valence-electron chi connectivity index (χ0n) is 72.6. The Kier molecular flexibility index (Phi) is 29.4. The molecule has 0 aliphatic carbocycles. The van der Waals surface area contributed by atoms with Crippen LogP contribution in [0.5, 0.6) is 69.0 Å². The Balaban J connectivity index is 0.958. The molecule has 2 saturated heterocycles. The molecular weight excluding hydrogens is 1780 g/mol. The molecule has 17 rings (SSSR count). The maximum absolute atomic E-state index is 17.0. The summed E-state index contributed by atoms with van der Waals surface area (Å²) < 4.78 is 45.9. The molecule has 21 N–H and O–H groups in total. The number of likely N-dealkylation sites (N-methyl/N-ethyl adjacent to an activating group) is 1. The third kappa shape index (κ3) is 21.0. The molecule has 8 heterocycles. The first kappa shape index (κ1) is 95.6. The summed E-state index contributed by atoms with van der Waals surface area (Å²) in [5.74, 6) is -15.5. The highest BCUT2D eigenvalue weighted by Gasteiger charge is 2.51. The average molecular weight is 1880 g/mol. The lowest BCUT2D eigenvalue weighted by atomic mass is 9.89. The number of phenols is 4. The molecule has 0 saturated carbocycles. The number of aliphatic hydroxyl groups is 7. The standard InChI is InChI=1S/C94H100Cl2N12O26/c1-97-70-48-20-25-60(112)63(34-48)129-53-39-56(69(96)61(113)40-53)74-90(125)103-72-50-35-65(128-52-22-15-43(16-23-52)31-58(85(120)104-74)101-87(70)122)83(133-93-76(79(116)81(118)84(134-93)92(127)99-28-10-30-108(4)5)100-41-44-13-17-46(18-14-44)45-11-7-6-8-12-45)66(36-50)130-62-26-21-49(33-57(62)95)77(114)75-91(126)105-73(86(121)98-27-9-29-107(2)3)55-37-51(110)38-64(131-94-82(119)80(117)78(115)67(42-109)132-94)68(55)54-32-47(19-24-59(54)111)71(88(123)106-75)102-89(72)124/h6-8,11-26,32-40,58,67,70-82,84,93-94,97,100,109-119H,9-10,27-31,41-42H2,1-5H3,(H,98,121)(H,99,127)(H,101,122)(H,102,124)(H,103,125)(H,104,120)(H,105,126)(H,106,123)/t58?,67-,70?,71?,72?,73?,74?,75?,76-,77?,78-,79-,80+,81+,82+,84+,93-,94?/m1/s1. The van der Waals surface area contributed by atoms with Gasteiger partial charge in [0.25, 0.3) is 5.91 Å². The van der Waals surface area contributed by atoms with Crippen LogP contribution in [0, 0.1) is 0 Å². The molecule has 38 nitrogen and oxygen atoms in total. The molecular formula is C94H100Cl2N12O26. The van der Waals surface area contributed by atoms with E-state index in [1.807, 2.05) is 78.5 Å². The molecule has 0 spiro atoms. The first-order valence-electron chi connectivity index (χ1n) is 42.9. The highest BCUT2D eigenvalue weighted by molar-refractivity contribution is 6.33. The van der Waals surface area contributed by atoms with E-state index in [1.165, 1.54) is 61.6 Å². The molecule has 2 fully saturated rings. The fraction of sp³-hybridized carbons (Fsp3) is 0.340. The Labute approximate surface area is 776 Å². The van der Waals surface area contributed by atoms with Crippen LogP contribution in [-0.4, -0.2) is 255 Å². The minimum absolute atomic E-state index is 0.0692. The normalized spacial score (nSPS) is 25.2. The van der Waals surface area contributed by atoms with Crippen LogP contribution in [0.25, 0.3) is 22.3 Å². The zero-order chi connectivity index (χ0) is 95.4. The number of aromatic hydroxyl groups is 4. The maximum atomic E-state index is 17.0. The molecule has 134 heavy (non-hydrogen) atoms. The highest BCUT2D eigenvalue weighted by atomic mass is 35.5. The van der Waals surface area contributed by atoms with Crippen LogP contribution in [0.2, 0.25) is 10.0 Å². The lowest BCUT2D eigenvalue weighted by Gasteiger charge is -2.42. The van der Waals surface area contributed by atoms with Gasteiger partial charge in [0.05, 0.1) is 22.7 Å². The van der Waals surface area contributed by atoms with E-state index in [1.54, 1.807) is 14.1 Å². The molecule has 18 atom stereocenters. The van der Waals surface area contributed by atoms with E-state index in [4.69, 9.17) is 56.4 Å². The lowest BCUT2D eigenvalue weighted by molar-refractivity contribution is -0.277. The monoisotopic (exact) mass is 1880 g/mol. The molecule has 0 aromatic heterocycles. The van der Waals surface area contributed by atoms with E-state index in [0.717, 1.165) is 71.8 Å². The van der Waals surface area contributed by atoms with Crippen molar-refractivity contribution < 1.29 is 128 Å². The first-order valence-corrected chi connectivity index (χ1v) is 43.7. The topological polar surface area (TPSA) is 550 Å². The summed E-state index contributed by atoms with van der Waals surface area (Å²) in [5, 5.41) is 156. The number of nitrogens with zero attached hydrogens (tertiary/aromatic N) is 2. The number of hydrogen-bond donors (Lipinski definition) is 21. The lowest BCUT2D eigenvalue weighted by Crippen LogP contribution is -2.66. The van der Waals surface area contributed by atoms with Crippen molar-refractivity contribution in [3.8, 4) is 91.2 Å². The Morgan fingerprint density at radius 2 is 1.13 bits per heavy atom. The van der Waals surface area contributed by atoms with Crippen molar-refractivity contribution in [1.29, 1.82) is 0 Å². The molecule has 8 aliphatic rings. The molecule has 9 aromatic rings. The van der Waals surface area contributed by atoms with Crippen molar-refractivity contribution in [1.82, 2.24) is 63.0 Å². The second-order valence-corrected chi connectivity index (χ2v) is 34.4. The average Bonchev–Trinajstić information content (AvgIpc) is 0.757. The van der Waals surface area contributed by atoms with Crippen molar-refractivity contribution in [3.63, 3.8) is 0 Å². The minimum atomic E-state index is -2.41. The smallest absolute Gasteiger partial charge is 0.252 e. The number of carbonyl (C=O) groups excluding carboxylic acids is 8. The van der Waals surface area contributed by atoms with E-state index in [2.05, 4.69) is 53.2 Å². The van der Waals surface area contributed by atoms with Crippen LogP contribution in [-0.2, 0) is 60.8 Å². The highest BCUT2D eigenvalue weighted by Crippen LogP contribution is 2.51. The van der Waals surface area contributed by atoms with Gasteiger partial charge in [0.1, 0.15) is 125 Å². The second-order valence-electron chi connectivity index (χ2n) is 33.6. The molecule has 8 amide bonds. The molecule has 9 unspecified atom stereocenters. The van der Waals surface area contributed by atoms with Crippen LogP contribution in [0.4, 0.5) is 0 Å². The summed E-state index contributed by atoms with van der Waals surface area (Å²) in [6, 6.07) is 23.9. The predicted molar refractivity (Wildman–Crippen MR) is 479 cm³/mol. The Hall–Kier alpha value is -13.0. The Morgan fingerprint density at radius 3 is 1.82 bits per heavy atom. The van der Waals surface area contributed by atoms with Crippen molar-refractivity contribution in [2.45, 2.75) is 136 Å². The fourth-order valence-corrected chi connectivity index (χ4v) is 17.0. The van der Waals surface area contributed by atoms with Gasteiger partial charge >= 0.3 is 0 Å². The van der Waals surface area contributed by atoms with Gasteiger partial charge in [-0.05, 0) is 184 Å². The van der Waals surface area contributed by atoms with Gasteiger partial charge in [0.2, 0.25) is 59.7 Å². The van der Waals surface area contributed by atoms with E-state index in [0.29, 0.717) is 37.1 Å². The number of nitrogens with one attached hydrogen (secondary N) is 10. The summed E-state index contributed by atoms with van der Waals surface area (Å²) in [5.41, 5.74) is 0.00125. The minimum Gasteiger partial charge on any atom is -0.508 e. The van der Waals surface area contributed by atoms with Gasteiger partial charge in [0.15, 0.2) is 29.1 Å². The van der Waals surface area contributed by atoms with Gasteiger partial charge in [-0.25, -0.2) is 0 Å². The number of aliphatic hydroxyl groups excluding tert-OH is 7. The number of halogens is 2. The number of fused-ring (bicyclic) bond motifs is 14. The van der Waals surface area contributed by atoms with E-state index < -0.39 is 247 Å². The van der Waals surface area contributed by atoms with E-state index >= 15 is 28.8 Å². The third-order valence-corrected chi connectivity index (χ3v) is 24.4. The number of amides is 8.